The van der Waals surface area contributed by atoms with Crippen LogP contribution in [0.15, 0.2) is 35.1 Å². The smallest absolute Gasteiger partial charge is 0.101 e. The molecule has 2 aliphatic heterocycles. The maximum absolute atomic E-state index is 6.50. The summed E-state index contributed by atoms with van der Waals surface area (Å²) in [6.07, 6.45) is 11.5. The van der Waals surface area contributed by atoms with Crippen molar-refractivity contribution in [2.24, 2.45) is 0 Å². The normalized spacial score (nSPS) is 20.0. The number of aryl methyl sites for hydroxylation is 1. The van der Waals surface area contributed by atoms with Crippen LogP contribution in [0, 0.1) is 0 Å². The minimum Gasteiger partial charge on any atom is -0.501 e. The number of halogens is 1. The molecule has 4 rings (SSSR count). The van der Waals surface area contributed by atoms with Crippen LogP contribution in [0.25, 0.3) is 5.57 Å². The molecule has 0 fully saturated rings. The molecule has 0 amide bonds. The lowest BCUT2D eigenvalue weighted by molar-refractivity contribution is 0.284. The van der Waals surface area contributed by atoms with Gasteiger partial charge in [-0.1, -0.05) is 23.7 Å². The minimum atomic E-state index is 0.657. The summed E-state index contributed by atoms with van der Waals surface area (Å²) in [6.45, 7) is 3.13. The van der Waals surface area contributed by atoms with Crippen LogP contribution in [0.3, 0.4) is 0 Å². The first-order valence-electron chi connectivity index (χ1n) is 9.20. The summed E-state index contributed by atoms with van der Waals surface area (Å²) >= 11 is 6.50. The molecule has 0 saturated carbocycles. The van der Waals surface area contributed by atoms with Gasteiger partial charge in [0.2, 0.25) is 0 Å². The summed E-state index contributed by atoms with van der Waals surface area (Å²) in [4.78, 5) is 0. The molecule has 0 atom stereocenters. The highest BCUT2D eigenvalue weighted by Gasteiger charge is 2.23. The highest BCUT2D eigenvalue weighted by molar-refractivity contribution is 6.30. The fraction of sp³-hybridized carbons (Fsp3) is 0.429. The van der Waals surface area contributed by atoms with Crippen LogP contribution in [0.4, 0.5) is 5.69 Å². The van der Waals surface area contributed by atoms with Gasteiger partial charge < -0.3 is 15.4 Å². The van der Waals surface area contributed by atoms with E-state index in [1.54, 1.807) is 7.11 Å². The predicted octanol–water partition coefficient (Wildman–Crippen LogP) is 4.17. The number of hydrogen-bond acceptors (Lipinski definition) is 3. The van der Waals surface area contributed by atoms with E-state index in [1.807, 2.05) is 0 Å². The van der Waals surface area contributed by atoms with Crippen molar-refractivity contribution < 1.29 is 4.74 Å². The number of benzene rings is 1. The Morgan fingerprint density at radius 3 is 2.80 bits per heavy atom. The zero-order valence-corrected chi connectivity index (χ0v) is 15.5. The monoisotopic (exact) mass is 356 g/mol. The molecule has 0 saturated heterocycles. The second-order valence-electron chi connectivity index (χ2n) is 6.93. The third-order valence-corrected chi connectivity index (χ3v) is 5.55. The first-order valence-corrected chi connectivity index (χ1v) is 9.57. The maximum Gasteiger partial charge on any atom is 0.101 e. The van der Waals surface area contributed by atoms with Gasteiger partial charge in [-0.25, -0.2) is 0 Å². The number of fused-ring (bicyclic) bond motifs is 2. The van der Waals surface area contributed by atoms with E-state index in [0.717, 1.165) is 49.7 Å². The molecule has 1 aromatic rings. The fourth-order valence-electron chi connectivity index (χ4n) is 4.09. The van der Waals surface area contributed by atoms with Crippen LogP contribution in [0.5, 0.6) is 0 Å². The molecule has 1 aliphatic carbocycles. The van der Waals surface area contributed by atoms with Crippen molar-refractivity contribution in [2.45, 2.75) is 32.1 Å². The number of allylic oxidation sites excluding steroid dienone is 5. The molecule has 1 aromatic carbocycles. The third-order valence-electron chi connectivity index (χ3n) is 5.31. The second-order valence-corrected chi connectivity index (χ2v) is 7.42. The van der Waals surface area contributed by atoms with Crippen LogP contribution >= 0.6 is 11.6 Å². The van der Waals surface area contributed by atoms with Gasteiger partial charge in [-0.3, -0.25) is 0 Å². The zero-order valence-electron chi connectivity index (χ0n) is 14.8. The Kier molecular flexibility index (Phi) is 4.87. The topological polar surface area (TPSA) is 33.3 Å². The number of hydrogen-bond donors (Lipinski definition) is 2. The fourth-order valence-corrected chi connectivity index (χ4v) is 4.34. The molecule has 0 spiro atoms. The van der Waals surface area contributed by atoms with E-state index in [0.29, 0.717) is 6.42 Å². The summed E-state index contributed by atoms with van der Waals surface area (Å²) in [5.74, 6) is 0.904. The number of methoxy groups -OCH3 is 1. The molecule has 2 N–H and O–H groups in total. The van der Waals surface area contributed by atoms with E-state index in [-0.39, 0.29) is 0 Å². The molecule has 0 radical (unpaired) electrons. The molecular formula is C21H25ClN2O. The van der Waals surface area contributed by atoms with Crippen molar-refractivity contribution in [3.63, 3.8) is 0 Å². The van der Waals surface area contributed by atoms with Crippen LogP contribution in [0.1, 0.15) is 35.1 Å². The highest BCUT2D eigenvalue weighted by Crippen LogP contribution is 2.39. The lowest BCUT2D eigenvalue weighted by atomic mass is 9.85. The number of ether oxygens (including phenoxy) is 1. The quantitative estimate of drug-likeness (QED) is 0.834. The SMILES string of the molecule is COC1=CC=C(c2c3c(cc4c2NCCC4)CCNCC3)C=C(Cl)C1. The largest absolute Gasteiger partial charge is 0.501 e. The molecule has 25 heavy (non-hydrogen) atoms. The van der Waals surface area contributed by atoms with Gasteiger partial charge in [-0.2, -0.15) is 0 Å². The Balaban J connectivity index is 1.92. The predicted molar refractivity (Wildman–Crippen MR) is 105 cm³/mol. The van der Waals surface area contributed by atoms with Gasteiger partial charge in [0.1, 0.15) is 5.76 Å². The highest BCUT2D eigenvalue weighted by atomic mass is 35.5. The Hall–Kier alpha value is -1.71. The average Bonchev–Trinajstić information content (AvgIpc) is 2.97. The van der Waals surface area contributed by atoms with Gasteiger partial charge in [-0.05, 0) is 73.2 Å². The lowest BCUT2D eigenvalue weighted by Crippen LogP contribution is -2.17. The number of nitrogens with one attached hydrogen (secondary N) is 2. The summed E-state index contributed by atoms with van der Waals surface area (Å²) in [5.41, 5.74) is 8.28. The minimum absolute atomic E-state index is 0.657. The van der Waals surface area contributed by atoms with Crippen molar-refractivity contribution in [1.82, 2.24) is 5.32 Å². The Morgan fingerprint density at radius 1 is 1.04 bits per heavy atom. The molecule has 132 valence electrons. The summed E-state index contributed by atoms with van der Waals surface area (Å²) in [7, 11) is 1.71. The van der Waals surface area contributed by atoms with Gasteiger partial charge in [0.25, 0.3) is 0 Å². The number of anilines is 1. The Bertz CT molecular complexity index is 777. The van der Waals surface area contributed by atoms with Gasteiger partial charge in [0.15, 0.2) is 0 Å². The first kappa shape index (κ1) is 16.7. The van der Waals surface area contributed by atoms with Crippen LogP contribution in [-0.4, -0.2) is 26.7 Å². The Morgan fingerprint density at radius 2 is 1.92 bits per heavy atom. The van der Waals surface area contributed by atoms with Crippen molar-refractivity contribution in [3.05, 3.63) is 57.3 Å². The standard InChI is InChI=1S/C21H25ClN2O/c1-25-18-5-4-15(12-17(22)13-18)20-19-7-10-23-9-6-14(19)11-16-3-2-8-24-21(16)20/h4-5,11-12,23-24H,2-3,6-10,13H2,1H3. The molecule has 3 aliphatic rings. The zero-order chi connectivity index (χ0) is 17.2. The summed E-state index contributed by atoms with van der Waals surface area (Å²) < 4.78 is 5.44. The van der Waals surface area contributed by atoms with Gasteiger partial charge in [0.05, 0.1) is 7.11 Å². The maximum atomic E-state index is 6.50. The molecule has 2 heterocycles. The second kappa shape index (κ2) is 7.27. The van der Waals surface area contributed by atoms with E-state index in [9.17, 15) is 0 Å². The summed E-state index contributed by atoms with van der Waals surface area (Å²) in [6, 6.07) is 2.44. The van der Waals surface area contributed by atoms with Crippen LogP contribution in [0.2, 0.25) is 0 Å². The summed E-state index contributed by atoms with van der Waals surface area (Å²) in [5, 5.41) is 8.04. The first-order chi connectivity index (χ1) is 12.3. The number of rotatable bonds is 2. The van der Waals surface area contributed by atoms with E-state index >= 15 is 0 Å². The molecular weight excluding hydrogens is 332 g/mol. The van der Waals surface area contributed by atoms with Crippen molar-refractivity contribution >= 4 is 22.9 Å². The van der Waals surface area contributed by atoms with Gasteiger partial charge >= 0.3 is 0 Å². The third kappa shape index (κ3) is 3.36. The van der Waals surface area contributed by atoms with Crippen molar-refractivity contribution in [3.8, 4) is 0 Å². The molecule has 0 unspecified atom stereocenters. The van der Waals surface area contributed by atoms with Crippen LogP contribution in [-0.2, 0) is 24.0 Å². The van der Waals surface area contributed by atoms with E-state index in [2.05, 4.69) is 34.9 Å². The van der Waals surface area contributed by atoms with Crippen LogP contribution < -0.4 is 10.6 Å². The van der Waals surface area contributed by atoms with E-state index in [1.165, 1.54) is 39.9 Å². The Labute approximate surface area is 154 Å². The van der Waals surface area contributed by atoms with Crippen molar-refractivity contribution in [1.29, 1.82) is 0 Å². The van der Waals surface area contributed by atoms with E-state index in [4.69, 9.17) is 16.3 Å². The van der Waals surface area contributed by atoms with Gasteiger partial charge in [-0.15, -0.1) is 0 Å². The lowest BCUT2D eigenvalue weighted by Gasteiger charge is -2.26. The molecule has 0 aromatic heterocycles. The van der Waals surface area contributed by atoms with E-state index < -0.39 is 0 Å². The molecule has 0 bridgehead atoms. The average molecular weight is 357 g/mol. The molecule has 3 nitrogen and oxygen atoms in total. The van der Waals surface area contributed by atoms with Crippen molar-refractivity contribution in [2.75, 3.05) is 32.1 Å². The van der Waals surface area contributed by atoms with Gasteiger partial charge in [0, 0.05) is 29.2 Å². The molecule has 4 heteroatoms.